The summed E-state index contributed by atoms with van der Waals surface area (Å²) in [4.78, 5) is 2.53. The van der Waals surface area contributed by atoms with Crippen LogP contribution in [-0.2, 0) is 0 Å². The van der Waals surface area contributed by atoms with Gasteiger partial charge in [0.2, 0.25) is 0 Å². The maximum absolute atomic E-state index is 10.3. The summed E-state index contributed by atoms with van der Waals surface area (Å²) in [5.41, 5.74) is 0.133. The van der Waals surface area contributed by atoms with E-state index in [1.807, 2.05) is 0 Å². The highest BCUT2D eigenvalue weighted by Gasteiger charge is 2.43. The van der Waals surface area contributed by atoms with Crippen molar-refractivity contribution in [2.45, 2.75) is 58.6 Å². The lowest BCUT2D eigenvalue weighted by molar-refractivity contribution is 0.00386. The van der Waals surface area contributed by atoms with E-state index >= 15 is 0 Å². The van der Waals surface area contributed by atoms with Crippen LogP contribution in [0.4, 0.5) is 0 Å². The Balaban J connectivity index is 1.95. The van der Waals surface area contributed by atoms with Crippen molar-refractivity contribution >= 4 is 0 Å². The summed E-state index contributed by atoms with van der Waals surface area (Å²) in [5.74, 6) is 0.882. The van der Waals surface area contributed by atoms with Crippen LogP contribution in [0, 0.1) is 11.3 Å². The number of aliphatic hydroxyl groups excluding tert-OH is 1. The molecule has 2 rings (SSSR count). The first-order valence-corrected chi connectivity index (χ1v) is 6.43. The van der Waals surface area contributed by atoms with Crippen LogP contribution in [-0.4, -0.2) is 35.2 Å². The summed E-state index contributed by atoms with van der Waals surface area (Å²) >= 11 is 0. The number of nitrogens with zero attached hydrogens (tertiary/aromatic N) is 1. The second-order valence-corrected chi connectivity index (χ2v) is 6.26. The van der Waals surface area contributed by atoms with Crippen molar-refractivity contribution in [3.05, 3.63) is 0 Å². The molecule has 0 radical (unpaired) electrons. The molecule has 0 amide bonds. The minimum atomic E-state index is -0.120. The molecule has 1 aliphatic heterocycles. The molecule has 1 aliphatic carbocycles. The number of aliphatic hydroxyl groups is 1. The lowest BCUT2D eigenvalue weighted by Gasteiger charge is -2.38. The van der Waals surface area contributed by atoms with E-state index in [0.717, 1.165) is 5.92 Å². The van der Waals surface area contributed by atoms with E-state index in [1.54, 1.807) is 0 Å². The van der Waals surface area contributed by atoms with Crippen molar-refractivity contribution in [2.75, 3.05) is 13.1 Å². The SMILES string of the molecule is CC1CCN(C2CCC(C)(C)C2O)CC1. The normalized spacial score (nSPS) is 38.4. The summed E-state index contributed by atoms with van der Waals surface area (Å²) in [5, 5.41) is 10.3. The fourth-order valence-electron chi connectivity index (χ4n) is 3.09. The Kier molecular flexibility index (Phi) is 3.09. The highest BCUT2D eigenvalue weighted by molar-refractivity contribution is 4.97. The molecule has 2 fully saturated rings. The zero-order chi connectivity index (χ0) is 11.1. The smallest absolute Gasteiger partial charge is 0.0746 e. The monoisotopic (exact) mass is 211 g/mol. The van der Waals surface area contributed by atoms with Gasteiger partial charge in [0.15, 0.2) is 0 Å². The Hall–Kier alpha value is -0.0800. The average molecular weight is 211 g/mol. The van der Waals surface area contributed by atoms with E-state index in [-0.39, 0.29) is 11.5 Å². The largest absolute Gasteiger partial charge is 0.391 e. The minimum absolute atomic E-state index is 0.120. The zero-order valence-corrected chi connectivity index (χ0v) is 10.4. The molecule has 1 saturated heterocycles. The van der Waals surface area contributed by atoms with Crippen molar-refractivity contribution < 1.29 is 5.11 Å². The van der Waals surface area contributed by atoms with Gasteiger partial charge < -0.3 is 5.11 Å². The Morgan fingerprint density at radius 1 is 1.13 bits per heavy atom. The highest BCUT2D eigenvalue weighted by atomic mass is 16.3. The Bertz CT molecular complexity index is 219. The molecular weight excluding hydrogens is 186 g/mol. The number of piperidine rings is 1. The summed E-state index contributed by atoms with van der Waals surface area (Å²) < 4.78 is 0. The first-order valence-electron chi connectivity index (χ1n) is 6.43. The van der Waals surface area contributed by atoms with Gasteiger partial charge in [-0.1, -0.05) is 20.8 Å². The van der Waals surface area contributed by atoms with Crippen LogP contribution >= 0.6 is 0 Å². The molecule has 0 aromatic rings. The van der Waals surface area contributed by atoms with Crippen molar-refractivity contribution in [3.8, 4) is 0 Å². The maximum Gasteiger partial charge on any atom is 0.0746 e. The Morgan fingerprint density at radius 2 is 1.73 bits per heavy atom. The number of likely N-dealkylation sites (tertiary alicyclic amines) is 1. The molecule has 2 atom stereocenters. The molecular formula is C13H25NO. The molecule has 2 heteroatoms. The van der Waals surface area contributed by atoms with Gasteiger partial charge in [-0.15, -0.1) is 0 Å². The van der Waals surface area contributed by atoms with Gasteiger partial charge in [0.1, 0.15) is 0 Å². The van der Waals surface area contributed by atoms with E-state index in [9.17, 15) is 5.11 Å². The molecule has 2 nitrogen and oxygen atoms in total. The van der Waals surface area contributed by atoms with Gasteiger partial charge in [-0.05, 0) is 50.1 Å². The highest BCUT2D eigenvalue weighted by Crippen LogP contribution is 2.40. The summed E-state index contributed by atoms with van der Waals surface area (Å²) in [6, 6.07) is 0.437. The average Bonchev–Trinajstić information content (AvgIpc) is 2.45. The van der Waals surface area contributed by atoms with Crippen LogP contribution in [0.3, 0.4) is 0 Å². The second kappa shape index (κ2) is 4.06. The molecule has 0 aromatic carbocycles. The lowest BCUT2D eigenvalue weighted by atomic mass is 9.88. The fraction of sp³-hybridized carbons (Fsp3) is 1.00. The Labute approximate surface area is 93.7 Å². The van der Waals surface area contributed by atoms with Crippen LogP contribution in [0.5, 0.6) is 0 Å². The maximum atomic E-state index is 10.3. The van der Waals surface area contributed by atoms with Crippen LogP contribution in [0.2, 0.25) is 0 Å². The predicted octanol–water partition coefficient (Wildman–Crippen LogP) is 2.27. The van der Waals surface area contributed by atoms with Crippen molar-refractivity contribution in [3.63, 3.8) is 0 Å². The predicted molar refractivity (Wildman–Crippen MR) is 62.8 cm³/mol. The van der Waals surface area contributed by atoms with Crippen LogP contribution < -0.4 is 0 Å². The molecule has 0 aromatic heterocycles. The van der Waals surface area contributed by atoms with Crippen molar-refractivity contribution in [1.82, 2.24) is 4.90 Å². The molecule has 88 valence electrons. The quantitative estimate of drug-likeness (QED) is 0.719. The molecule has 2 aliphatic rings. The zero-order valence-electron chi connectivity index (χ0n) is 10.4. The van der Waals surface area contributed by atoms with Gasteiger partial charge in [0.05, 0.1) is 6.10 Å². The van der Waals surface area contributed by atoms with Gasteiger partial charge >= 0.3 is 0 Å². The van der Waals surface area contributed by atoms with Crippen LogP contribution in [0.1, 0.15) is 46.5 Å². The van der Waals surface area contributed by atoms with E-state index < -0.39 is 0 Å². The number of rotatable bonds is 1. The van der Waals surface area contributed by atoms with Crippen molar-refractivity contribution in [2.24, 2.45) is 11.3 Å². The van der Waals surface area contributed by atoms with E-state index in [1.165, 1.54) is 38.8 Å². The molecule has 2 unspecified atom stereocenters. The molecule has 15 heavy (non-hydrogen) atoms. The second-order valence-electron chi connectivity index (χ2n) is 6.26. The molecule has 1 heterocycles. The minimum Gasteiger partial charge on any atom is -0.391 e. The van der Waals surface area contributed by atoms with Gasteiger partial charge in [0.25, 0.3) is 0 Å². The molecule has 1 N–H and O–H groups in total. The number of hydrogen-bond acceptors (Lipinski definition) is 2. The van der Waals surface area contributed by atoms with E-state index in [2.05, 4.69) is 25.7 Å². The van der Waals surface area contributed by atoms with Gasteiger partial charge in [-0.2, -0.15) is 0 Å². The standard InChI is InChI=1S/C13H25NO/c1-10-5-8-14(9-6-10)11-4-7-13(2,3)12(11)15/h10-12,15H,4-9H2,1-3H3. The summed E-state index contributed by atoms with van der Waals surface area (Å²) in [7, 11) is 0. The van der Waals surface area contributed by atoms with Crippen LogP contribution in [0.25, 0.3) is 0 Å². The lowest BCUT2D eigenvalue weighted by Crippen LogP contribution is -2.47. The fourth-order valence-corrected chi connectivity index (χ4v) is 3.09. The molecule has 0 bridgehead atoms. The van der Waals surface area contributed by atoms with Gasteiger partial charge in [0, 0.05) is 6.04 Å². The third-order valence-electron chi connectivity index (χ3n) is 4.54. The molecule has 1 saturated carbocycles. The summed E-state index contributed by atoms with van der Waals surface area (Å²) in [6.07, 6.45) is 4.85. The van der Waals surface area contributed by atoms with E-state index in [0.29, 0.717) is 6.04 Å². The van der Waals surface area contributed by atoms with Crippen molar-refractivity contribution in [1.29, 1.82) is 0 Å². The first-order chi connectivity index (χ1) is 7.00. The Morgan fingerprint density at radius 3 is 2.20 bits per heavy atom. The topological polar surface area (TPSA) is 23.5 Å². The summed E-state index contributed by atoms with van der Waals surface area (Å²) in [6.45, 7) is 9.12. The van der Waals surface area contributed by atoms with Gasteiger partial charge in [-0.25, -0.2) is 0 Å². The van der Waals surface area contributed by atoms with E-state index in [4.69, 9.17) is 0 Å². The van der Waals surface area contributed by atoms with Gasteiger partial charge in [-0.3, -0.25) is 4.90 Å². The van der Waals surface area contributed by atoms with Crippen LogP contribution in [0.15, 0.2) is 0 Å². The third-order valence-corrected chi connectivity index (χ3v) is 4.54. The molecule has 0 spiro atoms. The number of hydrogen-bond donors (Lipinski definition) is 1. The first kappa shape index (κ1) is 11.4. The third kappa shape index (κ3) is 2.21.